The van der Waals surface area contributed by atoms with Gasteiger partial charge >= 0.3 is 0 Å². The van der Waals surface area contributed by atoms with Crippen LogP contribution in [0, 0.1) is 11.8 Å². The maximum absolute atomic E-state index is 5.73. The highest BCUT2D eigenvalue weighted by Gasteiger charge is 2.34. The van der Waals surface area contributed by atoms with Crippen LogP contribution in [0.25, 0.3) is 0 Å². The summed E-state index contributed by atoms with van der Waals surface area (Å²) < 4.78 is 0. The van der Waals surface area contributed by atoms with Crippen LogP contribution in [-0.2, 0) is 0 Å². The zero-order valence-electron chi connectivity index (χ0n) is 4.88. The Morgan fingerprint density at radius 3 is 2.25 bits per heavy atom. The smallest absolute Gasteiger partial charge is 0.0252 e. The van der Waals surface area contributed by atoms with E-state index in [2.05, 4.69) is 12.2 Å². The molecule has 1 atom stereocenters. The van der Waals surface area contributed by atoms with Crippen molar-refractivity contribution in [2.24, 2.45) is 17.6 Å². The lowest BCUT2D eigenvalue weighted by Gasteiger charge is -2.40. The van der Waals surface area contributed by atoms with Crippen LogP contribution in [0.5, 0.6) is 0 Å². The zero-order chi connectivity index (χ0) is 5.56. The number of hydrogen-bond acceptors (Lipinski definition) is 1. The molecule has 1 fully saturated rings. The molecule has 3 aliphatic rings. The molecule has 2 N–H and O–H groups in total. The Labute approximate surface area is 49.6 Å². The van der Waals surface area contributed by atoms with E-state index in [9.17, 15) is 0 Å². The van der Waals surface area contributed by atoms with Crippen molar-refractivity contribution < 1.29 is 0 Å². The molecule has 0 heterocycles. The molecule has 0 amide bonds. The van der Waals surface area contributed by atoms with Gasteiger partial charge in [0.25, 0.3) is 0 Å². The molecule has 8 heavy (non-hydrogen) atoms. The predicted molar refractivity (Wildman–Crippen MR) is 33.3 cm³/mol. The van der Waals surface area contributed by atoms with Gasteiger partial charge in [-0.25, -0.2) is 0 Å². The van der Waals surface area contributed by atoms with E-state index < -0.39 is 0 Å². The molecule has 3 aliphatic carbocycles. The maximum atomic E-state index is 5.73. The Morgan fingerprint density at radius 1 is 1.25 bits per heavy atom. The van der Waals surface area contributed by atoms with Gasteiger partial charge in [0.05, 0.1) is 0 Å². The summed E-state index contributed by atoms with van der Waals surface area (Å²) in [5.74, 6) is 1.74. The summed E-state index contributed by atoms with van der Waals surface area (Å²) in [4.78, 5) is 0. The first-order valence-electron chi connectivity index (χ1n) is 3.30. The fourth-order valence-electron chi connectivity index (χ4n) is 1.62. The molecular formula is C7H11N. The second kappa shape index (κ2) is 1.35. The summed E-state index contributed by atoms with van der Waals surface area (Å²) in [5, 5.41) is 0. The lowest BCUT2D eigenvalue weighted by Crippen LogP contribution is -2.40. The summed E-state index contributed by atoms with van der Waals surface area (Å²) in [6.45, 7) is 0. The van der Waals surface area contributed by atoms with Crippen molar-refractivity contribution in [2.45, 2.75) is 18.9 Å². The number of hydrogen-bond donors (Lipinski definition) is 1. The Hall–Kier alpha value is -0.300. The fourth-order valence-corrected chi connectivity index (χ4v) is 1.62. The van der Waals surface area contributed by atoms with E-state index in [1.165, 1.54) is 12.8 Å². The van der Waals surface area contributed by atoms with E-state index >= 15 is 0 Å². The monoisotopic (exact) mass is 109 g/mol. The van der Waals surface area contributed by atoms with Gasteiger partial charge in [-0.15, -0.1) is 0 Å². The van der Waals surface area contributed by atoms with Crippen molar-refractivity contribution in [3.05, 3.63) is 12.2 Å². The average molecular weight is 109 g/mol. The summed E-state index contributed by atoms with van der Waals surface area (Å²) in [5.41, 5.74) is 5.73. The van der Waals surface area contributed by atoms with Crippen molar-refractivity contribution in [1.82, 2.24) is 0 Å². The molecule has 44 valence electrons. The molecule has 1 saturated carbocycles. The van der Waals surface area contributed by atoms with E-state index in [-0.39, 0.29) is 0 Å². The minimum atomic E-state index is 0.389. The van der Waals surface area contributed by atoms with E-state index in [0.717, 1.165) is 11.8 Å². The summed E-state index contributed by atoms with van der Waals surface area (Å²) >= 11 is 0. The van der Waals surface area contributed by atoms with Crippen molar-refractivity contribution in [2.75, 3.05) is 0 Å². The number of rotatable bonds is 0. The van der Waals surface area contributed by atoms with E-state index in [1.807, 2.05) is 0 Å². The molecule has 1 heteroatoms. The first-order chi connectivity index (χ1) is 3.86. The van der Waals surface area contributed by atoms with Crippen LogP contribution in [0.2, 0.25) is 0 Å². The Kier molecular flexibility index (Phi) is 0.770. The van der Waals surface area contributed by atoms with Gasteiger partial charge in [-0.2, -0.15) is 0 Å². The topological polar surface area (TPSA) is 26.0 Å². The molecule has 1 nitrogen and oxygen atoms in total. The highest BCUT2D eigenvalue weighted by molar-refractivity contribution is 5.11. The van der Waals surface area contributed by atoms with Gasteiger partial charge in [-0.1, -0.05) is 12.2 Å². The fraction of sp³-hybridized carbons (Fsp3) is 0.714. The van der Waals surface area contributed by atoms with Crippen molar-refractivity contribution >= 4 is 0 Å². The minimum absolute atomic E-state index is 0.389. The van der Waals surface area contributed by atoms with Gasteiger partial charge in [0.1, 0.15) is 0 Å². The third-order valence-electron chi connectivity index (χ3n) is 2.36. The molecular weight excluding hydrogens is 98.1 g/mol. The maximum Gasteiger partial charge on any atom is 0.0252 e. The second-order valence-corrected chi connectivity index (χ2v) is 2.95. The van der Waals surface area contributed by atoms with E-state index in [1.54, 1.807) is 0 Å². The molecule has 0 aromatic rings. The lowest BCUT2D eigenvalue weighted by molar-refractivity contribution is 0.201. The number of allylic oxidation sites excluding steroid dienone is 1. The average Bonchev–Trinajstić information content (AvgIpc) is 1.62. The largest absolute Gasteiger partial charge is 0.324 e. The van der Waals surface area contributed by atoms with Crippen molar-refractivity contribution in [1.29, 1.82) is 0 Å². The van der Waals surface area contributed by atoms with Gasteiger partial charge in [0.15, 0.2) is 0 Å². The summed E-state index contributed by atoms with van der Waals surface area (Å²) in [6.07, 6.45) is 7.14. The Bertz CT molecular complexity index is 122. The molecule has 0 aliphatic heterocycles. The molecule has 1 unspecified atom stereocenters. The first-order valence-corrected chi connectivity index (χ1v) is 3.30. The highest BCUT2D eigenvalue weighted by Crippen LogP contribution is 2.40. The number of fused-ring (bicyclic) bond motifs is 1. The van der Waals surface area contributed by atoms with Crippen molar-refractivity contribution in [3.63, 3.8) is 0 Å². The summed E-state index contributed by atoms with van der Waals surface area (Å²) in [6, 6.07) is 0.389. The van der Waals surface area contributed by atoms with Gasteiger partial charge < -0.3 is 5.73 Å². The quantitative estimate of drug-likeness (QED) is 0.460. The highest BCUT2D eigenvalue weighted by atomic mass is 14.7. The molecule has 2 bridgehead atoms. The predicted octanol–water partition coefficient (Wildman–Crippen LogP) is 0.910. The van der Waals surface area contributed by atoms with Crippen LogP contribution in [0.4, 0.5) is 0 Å². The Balaban J connectivity index is 2.19. The standard InChI is InChI=1S/C7H11N/c8-7-2-1-5-3-6(7)4-5/h1-2,5-7H,3-4,8H2. The van der Waals surface area contributed by atoms with Crippen LogP contribution in [0.15, 0.2) is 12.2 Å². The van der Waals surface area contributed by atoms with Crippen LogP contribution in [-0.4, -0.2) is 6.04 Å². The first kappa shape index (κ1) is 4.57. The Morgan fingerprint density at radius 2 is 2.00 bits per heavy atom. The third kappa shape index (κ3) is 0.451. The molecule has 0 aromatic heterocycles. The molecule has 0 spiro atoms. The van der Waals surface area contributed by atoms with Gasteiger partial charge in [0, 0.05) is 6.04 Å². The normalized spacial score (nSPS) is 50.9. The van der Waals surface area contributed by atoms with Gasteiger partial charge in [-0.05, 0) is 24.7 Å². The zero-order valence-corrected chi connectivity index (χ0v) is 4.88. The SMILES string of the molecule is NC1C=CC2CC1C2. The van der Waals surface area contributed by atoms with Gasteiger partial charge in [0.2, 0.25) is 0 Å². The number of nitrogens with two attached hydrogens (primary N) is 1. The second-order valence-electron chi connectivity index (χ2n) is 2.95. The molecule has 0 radical (unpaired) electrons. The molecule has 0 aromatic carbocycles. The van der Waals surface area contributed by atoms with Crippen LogP contribution in [0.1, 0.15) is 12.8 Å². The van der Waals surface area contributed by atoms with Crippen LogP contribution >= 0.6 is 0 Å². The third-order valence-corrected chi connectivity index (χ3v) is 2.36. The van der Waals surface area contributed by atoms with Crippen LogP contribution < -0.4 is 5.73 Å². The minimum Gasteiger partial charge on any atom is -0.324 e. The van der Waals surface area contributed by atoms with Gasteiger partial charge in [-0.3, -0.25) is 0 Å². The van der Waals surface area contributed by atoms with E-state index in [4.69, 9.17) is 5.73 Å². The summed E-state index contributed by atoms with van der Waals surface area (Å²) in [7, 11) is 0. The van der Waals surface area contributed by atoms with Crippen molar-refractivity contribution in [3.8, 4) is 0 Å². The van der Waals surface area contributed by atoms with Crippen LogP contribution in [0.3, 0.4) is 0 Å². The molecule has 3 rings (SSSR count). The van der Waals surface area contributed by atoms with E-state index in [0.29, 0.717) is 6.04 Å². The lowest BCUT2D eigenvalue weighted by atomic mass is 9.67. The molecule has 0 saturated heterocycles.